The van der Waals surface area contributed by atoms with Crippen LogP contribution < -0.4 is 4.57 Å². The molecule has 2 aromatic heterocycles. The number of aryl methyl sites for hydroxylation is 2. The van der Waals surface area contributed by atoms with Crippen LogP contribution in [0.1, 0.15) is 55.6 Å². The van der Waals surface area contributed by atoms with E-state index in [2.05, 4.69) is 54.0 Å². The van der Waals surface area contributed by atoms with E-state index < -0.39 is 0 Å². The summed E-state index contributed by atoms with van der Waals surface area (Å²) < 4.78 is 24.1. The van der Waals surface area contributed by atoms with Crippen LogP contribution in [0.4, 0.5) is 4.39 Å². The molecule has 186 valence electrons. The number of hydrogen-bond acceptors (Lipinski definition) is 1. The zero-order chi connectivity index (χ0) is 25.1. The lowest BCUT2D eigenvalue weighted by molar-refractivity contribution is -0.660. The third-order valence-electron chi connectivity index (χ3n) is 9.19. The molecule has 2 unspecified atom stereocenters. The first-order valence-corrected chi connectivity index (χ1v) is 13.8. The summed E-state index contributed by atoms with van der Waals surface area (Å²) in [6, 6.07) is 22.5. The maximum absolute atomic E-state index is 15.4. The Kier molecular flexibility index (Phi) is 5.42. The van der Waals surface area contributed by atoms with Gasteiger partial charge in [0.25, 0.3) is 0 Å². The van der Waals surface area contributed by atoms with Crippen molar-refractivity contribution in [2.24, 2.45) is 18.9 Å². The summed E-state index contributed by atoms with van der Waals surface area (Å²) in [7, 11) is 2.04. The molecule has 2 atom stereocenters. The minimum Gasteiger partial charge on any atom is -0.454 e. The molecule has 2 aliphatic rings. The Hall–Kier alpha value is -3.46. The van der Waals surface area contributed by atoms with Crippen LogP contribution in [0, 0.1) is 24.6 Å². The van der Waals surface area contributed by atoms with E-state index in [1.165, 1.54) is 44.1 Å². The molecule has 5 aromatic rings. The van der Waals surface area contributed by atoms with E-state index in [-0.39, 0.29) is 5.82 Å². The van der Waals surface area contributed by atoms with Gasteiger partial charge in [0.15, 0.2) is 6.20 Å². The predicted molar refractivity (Wildman–Crippen MR) is 148 cm³/mol. The van der Waals surface area contributed by atoms with Crippen molar-refractivity contribution in [2.75, 3.05) is 0 Å². The molecule has 0 saturated heterocycles. The van der Waals surface area contributed by atoms with Crippen molar-refractivity contribution in [3.8, 4) is 22.4 Å². The standard InChI is InChI=1S/C34H33FNO/c1-21-10-15-27-28-16-17-29(35)32(34(28)37-33(27)31(21)30-9-5-6-18-36(30)2)23-13-11-22(12-14-23)26-19-24-7-3-4-8-25(24)20-26/h5-6,9-18,24-26H,3-4,7-8,19-20H2,1-2H3/q+1. The van der Waals surface area contributed by atoms with Crippen LogP contribution in [-0.2, 0) is 7.05 Å². The van der Waals surface area contributed by atoms with Gasteiger partial charge in [-0.3, -0.25) is 0 Å². The molecule has 2 nitrogen and oxygen atoms in total. The Balaban J connectivity index is 1.33. The van der Waals surface area contributed by atoms with Crippen LogP contribution in [-0.4, -0.2) is 0 Å². The number of pyridine rings is 1. The Morgan fingerprint density at radius 1 is 0.784 bits per heavy atom. The second-order valence-corrected chi connectivity index (χ2v) is 11.3. The van der Waals surface area contributed by atoms with Gasteiger partial charge in [0.1, 0.15) is 24.0 Å². The Morgan fingerprint density at radius 3 is 2.16 bits per heavy atom. The summed E-state index contributed by atoms with van der Waals surface area (Å²) in [6.45, 7) is 2.11. The van der Waals surface area contributed by atoms with Gasteiger partial charge < -0.3 is 4.42 Å². The fourth-order valence-electron chi connectivity index (χ4n) is 7.27. The maximum atomic E-state index is 15.4. The normalized spacial score (nSPS) is 21.5. The molecule has 7 rings (SSSR count). The highest BCUT2D eigenvalue weighted by molar-refractivity contribution is 6.13. The van der Waals surface area contributed by atoms with Crippen molar-refractivity contribution in [1.82, 2.24) is 0 Å². The van der Waals surface area contributed by atoms with Crippen LogP contribution in [0.25, 0.3) is 44.3 Å². The number of halogens is 1. The van der Waals surface area contributed by atoms with Gasteiger partial charge >= 0.3 is 0 Å². The van der Waals surface area contributed by atoms with Crippen molar-refractivity contribution >= 4 is 21.9 Å². The lowest BCUT2D eigenvalue weighted by Gasteiger charge is -2.24. The Labute approximate surface area is 217 Å². The summed E-state index contributed by atoms with van der Waals surface area (Å²) in [5, 5.41) is 1.97. The van der Waals surface area contributed by atoms with Crippen LogP contribution in [0.2, 0.25) is 0 Å². The summed E-state index contributed by atoms with van der Waals surface area (Å²) in [5.41, 5.74) is 7.55. The van der Waals surface area contributed by atoms with Gasteiger partial charge in [0.05, 0.1) is 11.1 Å². The van der Waals surface area contributed by atoms with E-state index in [9.17, 15) is 0 Å². The highest BCUT2D eigenvalue weighted by Crippen LogP contribution is 2.49. The molecule has 0 aliphatic heterocycles. The molecule has 2 fully saturated rings. The summed E-state index contributed by atoms with van der Waals surface area (Å²) >= 11 is 0. The first kappa shape index (κ1) is 22.7. The molecule has 3 aromatic carbocycles. The smallest absolute Gasteiger partial charge is 0.216 e. The minimum absolute atomic E-state index is 0.241. The first-order valence-electron chi connectivity index (χ1n) is 13.8. The molecule has 0 bridgehead atoms. The Morgan fingerprint density at radius 2 is 1.46 bits per heavy atom. The number of aromatic nitrogens is 1. The molecule has 2 heterocycles. The van der Waals surface area contributed by atoms with E-state index in [0.717, 1.165) is 50.6 Å². The van der Waals surface area contributed by atoms with Crippen molar-refractivity contribution in [3.05, 3.63) is 89.9 Å². The molecular weight excluding hydrogens is 457 g/mol. The van der Waals surface area contributed by atoms with Crippen molar-refractivity contribution < 1.29 is 13.4 Å². The number of rotatable bonds is 3. The molecule has 0 radical (unpaired) electrons. The molecule has 0 N–H and O–H groups in total. The van der Waals surface area contributed by atoms with E-state index in [1.54, 1.807) is 6.07 Å². The molecule has 0 spiro atoms. The SMILES string of the molecule is Cc1ccc2c(oc3c(-c4ccc(C5CC6CCCCC6C5)cc4)c(F)ccc32)c1-c1cccc[n+]1C. The molecule has 3 heteroatoms. The second kappa shape index (κ2) is 8.83. The largest absolute Gasteiger partial charge is 0.454 e. The van der Waals surface area contributed by atoms with Crippen LogP contribution >= 0.6 is 0 Å². The van der Waals surface area contributed by atoms with Gasteiger partial charge in [-0.25, -0.2) is 8.96 Å². The van der Waals surface area contributed by atoms with E-state index >= 15 is 4.39 Å². The summed E-state index contributed by atoms with van der Waals surface area (Å²) in [5.74, 6) is 2.22. The number of hydrogen-bond donors (Lipinski definition) is 0. The molecule has 37 heavy (non-hydrogen) atoms. The molecular formula is C34H33FNO+. The highest BCUT2D eigenvalue weighted by atomic mass is 19.1. The second-order valence-electron chi connectivity index (χ2n) is 11.3. The van der Waals surface area contributed by atoms with Crippen LogP contribution in [0.5, 0.6) is 0 Å². The van der Waals surface area contributed by atoms with Crippen molar-refractivity contribution in [2.45, 2.75) is 51.4 Å². The summed E-state index contributed by atoms with van der Waals surface area (Å²) in [4.78, 5) is 0. The number of nitrogens with zero attached hydrogens (tertiary/aromatic N) is 1. The van der Waals surface area contributed by atoms with Crippen LogP contribution in [0.3, 0.4) is 0 Å². The lowest BCUT2D eigenvalue weighted by atomic mass is 9.82. The number of fused-ring (bicyclic) bond motifs is 4. The monoisotopic (exact) mass is 490 g/mol. The first-order chi connectivity index (χ1) is 18.1. The third kappa shape index (κ3) is 3.70. The summed E-state index contributed by atoms with van der Waals surface area (Å²) in [6.07, 6.45) is 10.3. The van der Waals surface area contributed by atoms with Gasteiger partial charge in [0, 0.05) is 22.9 Å². The maximum Gasteiger partial charge on any atom is 0.216 e. The average molecular weight is 491 g/mol. The average Bonchev–Trinajstić information content (AvgIpc) is 3.51. The minimum atomic E-state index is -0.241. The van der Waals surface area contributed by atoms with Crippen molar-refractivity contribution in [3.63, 3.8) is 0 Å². The van der Waals surface area contributed by atoms with Gasteiger partial charge in [0.2, 0.25) is 5.69 Å². The molecule has 2 aliphatic carbocycles. The highest BCUT2D eigenvalue weighted by Gasteiger charge is 2.36. The van der Waals surface area contributed by atoms with Gasteiger partial charge in [-0.15, -0.1) is 0 Å². The van der Waals surface area contributed by atoms with Crippen molar-refractivity contribution in [1.29, 1.82) is 0 Å². The van der Waals surface area contributed by atoms with Gasteiger partial charge in [-0.1, -0.05) is 62.1 Å². The van der Waals surface area contributed by atoms with E-state index in [1.807, 2.05) is 31.4 Å². The third-order valence-corrected chi connectivity index (χ3v) is 9.19. The molecule has 2 saturated carbocycles. The van der Waals surface area contributed by atoms with Gasteiger partial charge in [-0.2, -0.15) is 0 Å². The predicted octanol–water partition coefficient (Wildman–Crippen LogP) is 8.88. The van der Waals surface area contributed by atoms with E-state index in [0.29, 0.717) is 17.1 Å². The topological polar surface area (TPSA) is 17.0 Å². The van der Waals surface area contributed by atoms with Crippen LogP contribution in [0.15, 0.2) is 77.3 Å². The number of benzene rings is 3. The Bertz CT molecular complexity index is 1620. The zero-order valence-electron chi connectivity index (χ0n) is 21.6. The fourth-order valence-corrected chi connectivity index (χ4v) is 7.27. The van der Waals surface area contributed by atoms with E-state index in [4.69, 9.17) is 4.42 Å². The zero-order valence-corrected chi connectivity index (χ0v) is 21.6. The lowest BCUT2D eigenvalue weighted by Crippen LogP contribution is -2.30. The number of furan rings is 1. The quantitative estimate of drug-likeness (QED) is 0.231. The fraction of sp³-hybridized carbons (Fsp3) is 0.324. The molecule has 0 amide bonds. The van der Waals surface area contributed by atoms with Gasteiger partial charge in [-0.05, 0) is 72.4 Å².